The summed E-state index contributed by atoms with van der Waals surface area (Å²) in [5.41, 5.74) is 5.11. The zero-order chi connectivity index (χ0) is 22.7. The normalized spacial score (nSPS) is 11.7. The zero-order valence-electron chi connectivity index (χ0n) is 18.1. The van der Waals surface area contributed by atoms with E-state index in [0.29, 0.717) is 29.4 Å². The molecule has 0 spiro atoms. The van der Waals surface area contributed by atoms with Crippen molar-refractivity contribution < 1.29 is 4.79 Å². The predicted octanol–water partition coefficient (Wildman–Crippen LogP) is 4.80. The van der Waals surface area contributed by atoms with E-state index in [1.54, 1.807) is 18.3 Å². The van der Waals surface area contributed by atoms with Gasteiger partial charge in [-0.25, -0.2) is 19.8 Å². The molecule has 160 valence electrons. The third-order valence-corrected chi connectivity index (χ3v) is 5.17. The molecule has 3 heterocycles. The van der Waals surface area contributed by atoms with Gasteiger partial charge in [-0.3, -0.25) is 4.79 Å². The Morgan fingerprint density at radius 2 is 2.00 bits per heavy atom. The van der Waals surface area contributed by atoms with Crippen LogP contribution in [0.2, 0.25) is 0 Å². The van der Waals surface area contributed by atoms with Crippen LogP contribution in [0, 0.1) is 13.5 Å². The third-order valence-electron chi connectivity index (χ3n) is 5.17. The summed E-state index contributed by atoms with van der Waals surface area (Å²) in [4.78, 5) is 32.1. The number of carbonyl (C=O) groups excluding carboxylic acids is 1. The number of aryl methyl sites for hydroxylation is 1. The van der Waals surface area contributed by atoms with Crippen LogP contribution in [0.1, 0.15) is 41.4 Å². The lowest BCUT2D eigenvalue weighted by molar-refractivity contribution is 0.0956. The second kappa shape index (κ2) is 8.86. The van der Waals surface area contributed by atoms with Crippen LogP contribution in [0.3, 0.4) is 0 Å². The number of hydrogen-bond donors (Lipinski definition) is 3. The van der Waals surface area contributed by atoms with Crippen molar-refractivity contribution in [1.29, 1.82) is 0 Å². The summed E-state index contributed by atoms with van der Waals surface area (Å²) in [6.07, 6.45) is 5.15. The number of rotatable bonds is 6. The standard InChI is InChI=1S/C24H23N7O/c1-5-26-23(32)17-8-6-16(7-9-17)15(3)30-24-29-13-20(25-4)21(31-24)19-12-28-22-18(19)10-14(2)11-27-22/h6-13,15H,5H2,1-3H3,(H,26,32)(H,27,28)(H,29,30,31)/t15-/m1/s1. The van der Waals surface area contributed by atoms with Crippen molar-refractivity contribution in [2.45, 2.75) is 26.8 Å². The first-order chi connectivity index (χ1) is 15.5. The van der Waals surface area contributed by atoms with Crippen molar-refractivity contribution in [2.24, 2.45) is 0 Å². The van der Waals surface area contributed by atoms with Gasteiger partial charge in [0.2, 0.25) is 11.6 Å². The van der Waals surface area contributed by atoms with E-state index in [9.17, 15) is 4.79 Å². The Morgan fingerprint density at radius 1 is 1.22 bits per heavy atom. The van der Waals surface area contributed by atoms with E-state index in [1.165, 1.54) is 6.20 Å². The quantitative estimate of drug-likeness (QED) is 0.385. The first kappa shape index (κ1) is 21.0. The number of benzene rings is 1. The van der Waals surface area contributed by atoms with E-state index in [-0.39, 0.29) is 11.9 Å². The van der Waals surface area contributed by atoms with Crippen molar-refractivity contribution in [2.75, 3.05) is 11.9 Å². The fourth-order valence-electron chi connectivity index (χ4n) is 3.49. The summed E-state index contributed by atoms with van der Waals surface area (Å²) >= 11 is 0. The van der Waals surface area contributed by atoms with Gasteiger partial charge in [0.05, 0.1) is 18.3 Å². The SMILES string of the molecule is [C-]#[N+]c1cnc(N[C@H](C)c2ccc(C(=O)NCC)cc2)nc1-c1c[nH]c2ncc(C)cc12. The van der Waals surface area contributed by atoms with Crippen molar-refractivity contribution >= 4 is 28.6 Å². The molecule has 0 aliphatic heterocycles. The number of anilines is 1. The monoisotopic (exact) mass is 425 g/mol. The Balaban J connectivity index is 1.62. The van der Waals surface area contributed by atoms with Gasteiger partial charge in [0, 0.05) is 41.6 Å². The molecule has 1 atom stereocenters. The molecular formula is C24H23N7O. The molecule has 0 aliphatic rings. The molecule has 8 nitrogen and oxygen atoms in total. The van der Waals surface area contributed by atoms with Crippen LogP contribution in [-0.2, 0) is 0 Å². The van der Waals surface area contributed by atoms with Gasteiger partial charge in [0.15, 0.2) is 0 Å². The van der Waals surface area contributed by atoms with Crippen LogP contribution in [0.25, 0.3) is 27.1 Å². The molecule has 4 aromatic rings. The van der Waals surface area contributed by atoms with Crippen molar-refractivity contribution in [3.05, 3.63) is 77.0 Å². The maximum Gasteiger partial charge on any atom is 0.251 e. The van der Waals surface area contributed by atoms with Gasteiger partial charge in [-0.15, -0.1) is 0 Å². The molecule has 1 amide bonds. The van der Waals surface area contributed by atoms with Gasteiger partial charge in [-0.05, 0) is 50.1 Å². The predicted molar refractivity (Wildman–Crippen MR) is 125 cm³/mol. The summed E-state index contributed by atoms with van der Waals surface area (Å²) in [5, 5.41) is 7.00. The van der Waals surface area contributed by atoms with Gasteiger partial charge in [0.25, 0.3) is 5.91 Å². The molecule has 0 bridgehead atoms. The van der Waals surface area contributed by atoms with Crippen LogP contribution < -0.4 is 10.6 Å². The molecule has 32 heavy (non-hydrogen) atoms. The topological polar surface area (TPSA) is 100.0 Å². The van der Waals surface area contributed by atoms with Crippen LogP contribution in [0.15, 0.2) is 48.9 Å². The lowest BCUT2D eigenvalue weighted by atomic mass is 10.1. The number of aromatic amines is 1. The molecule has 4 rings (SSSR count). The Hall–Kier alpha value is -4.25. The highest BCUT2D eigenvalue weighted by atomic mass is 16.1. The number of amides is 1. The molecule has 0 radical (unpaired) electrons. The lowest BCUT2D eigenvalue weighted by Gasteiger charge is -2.15. The first-order valence-corrected chi connectivity index (χ1v) is 10.3. The smallest absolute Gasteiger partial charge is 0.251 e. The molecular weight excluding hydrogens is 402 g/mol. The Kier molecular flexibility index (Phi) is 5.81. The molecule has 0 aliphatic carbocycles. The summed E-state index contributed by atoms with van der Waals surface area (Å²) in [5.74, 6) is 0.327. The van der Waals surface area contributed by atoms with E-state index < -0.39 is 0 Å². The summed E-state index contributed by atoms with van der Waals surface area (Å²) in [6, 6.07) is 9.34. The highest BCUT2D eigenvalue weighted by molar-refractivity contribution is 5.96. The molecule has 0 unspecified atom stereocenters. The maximum absolute atomic E-state index is 12.0. The molecule has 1 aromatic carbocycles. The van der Waals surface area contributed by atoms with Crippen LogP contribution in [-0.4, -0.2) is 32.4 Å². The average Bonchev–Trinajstić information content (AvgIpc) is 3.22. The van der Waals surface area contributed by atoms with Gasteiger partial charge >= 0.3 is 0 Å². The van der Waals surface area contributed by atoms with Crippen LogP contribution in [0.5, 0.6) is 0 Å². The minimum atomic E-state index is -0.100. The summed E-state index contributed by atoms with van der Waals surface area (Å²) in [7, 11) is 0. The fraction of sp³-hybridized carbons (Fsp3) is 0.208. The number of hydrogen-bond acceptors (Lipinski definition) is 5. The Bertz CT molecular complexity index is 1320. The Labute approximate surface area is 186 Å². The zero-order valence-corrected chi connectivity index (χ0v) is 18.1. The van der Waals surface area contributed by atoms with Crippen LogP contribution in [0.4, 0.5) is 11.6 Å². The highest BCUT2D eigenvalue weighted by Gasteiger charge is 2.16. The van der Waals surface area contributed by atoms with Crippen LogP contribution >= 0.6 is 0 Å². The fourth-order valence-corrected chi connectivity index (χ4v) is 3.49. The molecule has 0 saturated carbocycles. The molecule has 0 fully saturated rings. The number of nitrogens with one attached hydrogen (secondary N) is 3. The largest absolute Gasteiger partial charge is 0.352 e. The molecule has 3 N–H and O–H groups in total. The minimum Gasteiger partial charge on any atom is -0.352 e. The average molecular weight is 425 g/mol. The van der Waals surface area contributed by atoms with E-state index in [4.69, 9.17) is 6.57 Å². The number of fused-ring (bicyclic) bond motifs is 1. The van der Waals surface area contributed by atoms with E-state index in [0.717, 1.165) is 27.7 Å². The summed E-state index contributed by atoms with van der Waals surface area (Å²) < 4.78 is 0. The molecule has 0 saturated heterocycles. The number of pyridine rings is 1. The van der Waals surface area contributed by atoms with Gasteiger partial charge < -0.3 is 15.6 Å². The van der Waals surface area contributed by atoms with Gasteiger partial charge in [-0.2, -0.15) is 0 Å². The maximum atomic E-state index is 12.0. The number of H-pyrrole nitrogens is 1. The minimum absolute atomic E-state index is 0.0918. The van der Waals surface area contributed by atoms with Gasteiger partial charge in [0.1, 0.15) is 5.65 Å². The van der Waals surface area contributed by atoms with E-state index >= 15 is 0 Å². The summed E-state index contributed by atoms with van der Waals surface area (Å²) in [6.45, 7) is 14.0. The van der Waals surface area contributed by atoms with Crippen molar-refractivity contribution in [1.82, 2.24) is 25.3 Å². The number of aromatic nitrogens is 4. The van der Waals surface area contributed by atoms with Crippen molar-refractivity contribution in [3.63, 3.8) is 0 Å². The first-order valence-electron chi connectivity index (χ1n) is 10.3. The van der Waals surface area contributed by atoms with E-state index in [1.807, 2.05) is 45.2 Å². The second-order valence-corrected chi connectivity index (χ2v) is 7.50. The molecule has 3 aromatic heterocycles. The third kappa shape index (κ3) is 4.14. The highest BCUT2D eigenvalue weighted by Crippen LogP contribution is 2.34. The number of carbonyl (C=O) groups is 1. The number of nitrogens with zero attached hydrogens (tertiary/aromatic N) is 4. The second-order valence-electron chi connectivity index (χ2n) is 7.50. The lowest BCUT2D eigenvalue weighted by Crippen LogP contribution is -2.22. The van der Waals surface area contributed by atoms with Gasteiger partial charge in [-0.1, -0.05) is 12.1 Å². The van der Waals surface area contributed by atoms with E-state index in [2.05, 4.69) is 35.4 Å². The molecule has 8 heteroatoms. The van der Waals surface area contributed by atoms with Crippen molar-refractivity contribution in [3.8, 4) is 11.3 Å². The Morgan fingerprint density at radius 3 is 2.72 bits per heavy atom.